The molecule has 2 aromatic rings. The fourth-order valence-corrected chi connectivity index (χ4v) is 1.78. The van der Waals surface area contributed by atoms with E-state index < -0.39 is 0 Å². The van der Waals surface area contributed by atoms with Crippen molar-refractivity contribution in [1.29, 1.82) is 0 Å². The molecule has 0 aliphatic carbocycles. The first-order valence-electron chi connectivity index (χ1n) is 6.29. The van der Waals surface area contributed by atoms with Gasteiger partial charge in [0.25, 0.3) is 5.91 Å². The zero-order valence-corrected chi connectivity index (χ0v) is 12.3. The van der Waals surface area contributed by atoms with E-state index in [-0.39, 0.29) is 17.5 Å². The van der Waals surface area contributed by atoms with Gasteiger partial charge in [0.15, 0.2) is 0 Å². The smallest absolute Gasteiger partial charge is 0.257 e. The number of nitrogens with one attached hydrogen (secondary N) is 1. The second-order valence-electron chi connectivity index (χ2n) is 4.46. The second kappa shape index (κ2) is 6.81. The molecule has 3 N–H and O–H groups in total. The number of hydrogen-bond donors (Lipinski definition) is 2. The van der Waals surface area contributed by atoms with Gasteiger partial charge in [-0.05, 0) is 30.7 Å². The number of amides is 1. The van der Waals surface area contributed by atoms with E-state index in [9.17, 15) is 4.79 Å². The lowest BCUT2D eigenvalue weighted by Gasteiger charge is -2.12. The molecule has 0 spiro atoms. The molecule has 0 aliphatic rings. The molecule has 1 heterocycles. The lowest BCUT2D eigenvalue weighted by Crippen LogP contribution is -2.19. The molecule has 0 saturated carbocycles. The Hall–Kier alpha value is -2.47. The molecular formula is C15H15N3O2S. The van der Waals surface area contributed by atoms with Gasteiger partial charge < -0.3 is 15.8 Å². The highest BCUT2D eigenvalue weighted by atomic mass is 32.1. The van der Waals surface area contributed by atoms with E-state index in [4.69, 9.17) is 22.7 Å². The van der Waals surface area contributed by atoms with E-state index in [1.807, 2.05) is 6.92 Å². The summed E-state index contributed by atoms with van der Waals surface area (Å²) >= 11 is 4.77. The van der Waals surface area contributed by atoms with Gasteiger partial charge in [-0.15, -0.1) is 0 Å². The van der Waals surface area contributed by atoms with Crippen molar-refractivity contribution in [3.05, 3.63) is 53.9 Å². The SMILES string of the molecule is Cc1cncc(C(=O)Nc2ccccc2OCC(N)=S)c1. The van der Waals surface area contributed by atoms with Crippen LogP contribution in [0, 0.1) is 6.92 Å². The van der Waals surface area contributed by atoms with Crippen molar-refractivity contribution in [2.24, 2.45) is 5.73 Å². The van der Waals surface area contributed by atoms with Crippen LogP contribution in [0.4, 0.5) is 5.69 Å². The Bertz CT molecular complexity index is 673. The Kier molecular flexibility index (Phi) is 4.84. The van der Waals surface area contributed by atoms with E-state index >= 15 is 0 Å². The zero-order valence-electron chi connectivity index (χ0n) is 11.5. The number of nitrogens with zero attached hydrogens (tertiary/aromatic N) is 1. The lowest BCUT2D eigenvalue weighted by atomic mass is 10.2. The van der Waals surface area contributed by atoms with Crippen LogP contribution in [0.25, 0.3) is 0 Å². The van der Waals surface area contributed by atoms with Gasteiger partial charge in [-0.25, -0.2) is 0 Å². The molecule has 0 fully saturated rings. The number of aromatic nitrogens is 1. The van der Waals surface area contributed by atoms with Gasteiger partial charge in [0.2, 0.25) is 0 Å². The van der Waals surface area contributed by atoms with Crippen molar-refractivity contribution in [3.8, 4) is 5.75 Å². The number of benzene rings is 1. The number of thiocarbonyl (C=S) groups is 1. The minimum absolute atomic E-state index is 0.119. The highest BCUT2D eigenvalue weighted by Gasteiger charge is 2.10. The third kappa shape index (κ3) is 4.25. The van der Waals surface area contributed by atoms with Crippen LogP contribution in [0.3, 0.4) is 0 Å². The molecule has 6 heteroatoms. The summed E-state index contributed by atoms with van der Waals surface area (Å²) in [5.41, 5.74) is 7.37. The quantitative estimate of drug-likeness (QED) is 0.829. The topological polar surface area (TPSA) is 77.2 Å². The lowest BCUT2D eigenvalue weighted by molar-refractivity contribution is 0.102. The van der Waals surface area contributed by atoms with Crippen LogP contribution < -0.4 is 15.8 Å². The van der Waals surface area contributed by atoms with E-state index in [0.717, 1.165) is 5.56 Å². The number of carbonyl (C=O) groups is 1. The van der Waals surface area contributed by atoms with E-state index in [0.29, 0.717) is 17.0 Å². The molecule has 0 aliphatic heterocycles. The summed E-state index contributed by atoms with van der Waals surface area (Å²) in [4.78, 5) is 16.5. The molecule has 1 aromatic carbocycles. The minimum atomic E-state index is -0.252. The number of hydrogen-bond acceptors (Lipinski definition) is 4. The Morgan fingerprint density at radius 2 is 2.14 bits per heavy atom. The molecule has 0 saturated heterocycles. The van der Waals surface area contributed by atoms with Crippen LogP contribution in [0.5, 0.6) is 5.75 Å². The molecule has 1 amide bonds. The van der Waals surface area contributed by atoms with Crippen LogP contribution >= 0.6 is 12.2 Å². The number of rotatable bonds is 5. The van der Waals surface area contributed by atoms with Crippen molar-refractivity contribution in [3.63, 3.8) is 0 Å². The zero-order chi connectivity index (χ0) is 15.2. The average molecular weight is 301 g/mol. The van der Waals surface area contributed by atoms with Gasteiger partial charge in [0.1, 0.15) is 17.3 Å². The minimum Gasteiger partial charge on any atom is -0.484 e. The number of ether oxygens (including phenoxy) is 1. The van der Waals surface area contributed by atoms with Gasteiger partial charge >= 0.3 is 0 Å². The van der Waals surface area contributed by atoms with Gasteiger partial charge in [-0.2, -0.15) is 0 Å². The van der Waals surface area contributed by atoms with Crippen molar-refractivity contribution in [1.82, 2.24) is 4.98 Å². The summed E-state index contributed by atoms with van der Waals surface area (Å²) in [6.07, 6.45) is 3.21. The number of aryl methyl sites for hydroxylation is 1. The maximum absolute atomic E-state index is 12.2. The summed E-state index contributed by atoms with van der Waals surface area (Å²) < 4.78 is 5.46. The molecule has 0 radical (unpaired) electrons. The number of carbonyl (C=O) groups excluding carboxylic acids is 1. The third-order valence-corrected chi connectivity index (χ3v) is 2.76. The predicted octanol–water partition coefficient (Wildman–Crippen LogP) is 2.31. The van der Waals surface area contributed by atoms with Crippen LogP contribution in [-0.4, -0.2) is 22.5 Å². The highest BCUT2D eigenvalue weighted by Crippen LogP contribution is 2.24. The molecule has 5 nitrogen and oxygen atoms in total. The first-order valence-corrected chi connectivity index (χ1v) is 6.70. The Labute approximate surface area is 128 Å². The summed E-state index contributed by atoms with van der Waals surface area (Å²) in [7, 11) is 0. The first-order chi connectivity index (χ1) is 10.1. The summed E-state index contributed by atoms with van der Waals surface area (Å²) in [5.74, 6) is 0.261. The molecule has 0 atom stereocenters. The van der Waals surface area contributed by atoms with Crippen LogP contribution in [0.1, 0.15) is 15.9 Å². The van der Waals surface area contributed by atoms with Crippen LogP contribution in [0.2, 0.25) is 0 Å². The Morgan fingerprint density at radius 3 is 2.86 bits per heavy atom. The van der Waals surface area contributed by atoms with Gasteiger partial charge in [-0.1, -0.05) is 24.4 Å². The van der Waals surface area contributed by atoms with Crippen molar-refractivity contribution >= 4 is 28.8 Å². The van der Waals surface area contributed by atoms with Crippen molar-refractivity contribution < 1.29 is 9.53 Å². The number of anilines is 1. The van der Waals surface area contributed by atoms with Gasteiger partial charge in [-0.3, -0.25) is 9.78 Å². The van der Waals surface area contributed by atoms with Crippen molar-refractivity contribution in [2.45, 2.75) is 6.92 Å². The molecule has 0 unspecified atom stereocenters. The maximum Gasteiger partial charge on any atom is 0.257 e. The molecule has 1 aromatic heterocycles. The molecular weight excluding hydrogens is 286 g/mol. The van der Waals surface area contributed by atoms with Gasteiger partial charge in [0, 0.05) is 12.4 Å². The summed E-state index contributed by atoms with van der Waals surface area (Å²) in [6.45, 7) is 2.00. The Balaban J connectivity index is 2.15. The first kappa shape index (κ1) is 14.9. The average Bonchev–Trinajstić information content (AvgIpc) is 2.46. The van der Waals surface area contributed by atoms with E-state index in [1.165, 1.54) is 6.20 Å². The molecule has 21 heavy (non-hydrogen) atoms. The fourth-order valence-electron chi connectivity index (χ4n) is 1.72. The Morgan fingerprint density at radius 1 is 1.38 bits per heavy atom. The van der Waals surface area contributed by atoms with Gasteiger partial charge in [0.05, 0.1) is 11.3 Å². The molecule has 0 bridgehead atoms. The predicted molar refractivity (Wildman–Crippen MR) is 85.6 cm³/mol. The molecule has 2 rings (SSSR count). The molecule has 108 valence electrons. The van der Waals surface area contributed by atoms with E-state index in [1.54, 1.807) is 36.5 Å². The summed E-state index contributed by atoms with van der Waals surface area (Å²) in [6, 6.07) is 8.86. The monoisotopic (exact) mass is 301 g/mol. The van der Waals surface area contributed by atoms with Crippen molar-refractivity contribution in [2.75, 3.05) is 11.9 Å². The standard InChI is InChI=1S/C15H15N3O2S/c1-10-6-11(8-17-7-10)15(19)18-12-4-2-3-5-13(12)20-9-14(16)21/h2-8H,9H2,1H3,(H2,16,21)(H,18,19). The number of para-hydroxylation sites is 2. The highest BCUT2D eigenvalue weighted by molar-refractivity contribution is 7.80. The maximum atomic E-state index is 12.2. The number of pyridine rings is 1. The fraction of sp³-hybridized carbons (Fsp3) is 0.133. The van der Waals surface area contributed by atoms with E-state index in [2.05, 4.69) is 10.3 Å². The third-order valence-electron chi connectivity index (χ3n) is 2.64. The van der Waals surface area contributed by atoms with Crippen LogP contribution in [0.15, 0.2) is 42.7 Å². The number of nitrogens with two attached hydrogens (primary N) is 1. The van der Waals surface area contributed by atoms with Crippen LogP contribution in [-0.2, 0) is 0 Å². The normalized spacial score (nSPS) is 9.95. The largest absolute Gasteiger partial charge is 0.484 e. The second-order valence-corrected chi connectivity index (χ2v) is 4.98. The summed E-state index contributed by atoms with van der Waals surface area (Å²) in [5, 5.41) is 2.79.